The molecule has 0 aliphatic rings. The van der Waals surface area contributed by atoms with E-state index < -0.39 is 0 Å². The van der Waals surface area contributed by atoms with Gasteiger partial charge in [0.05, 0.1) is 10.7 Å². The highest BCUT2D eigenvalue weighted by molar-refractivity contribution is 9.10. The van der Waals surface area contributed by atoms with Crippen molar-refractivity contribution < 1.29 is 4.74 Å². The van der Waals surface area contributed by atoms with Gasteiger partial charge in [-0.25, -0.2) is 4.98 Å². The van der Waals surface area contributed by atoms with Crippen LogP contribution in [0, 0.1) is 0 Å². The van der Waals surface area contributed by atoms with Crippen molar-refractivity contribution in [2.24, 2.45) is 0 Å². The van der Waals surface area contributed by atoms with E-state index in [4.69, 9.17) is 10.5 Å². The van der Waals surface area contributed by atoms with Crippen LogP contribution >= 0.6 is 15.9 Å². The Labute approximate surface area is 78.6 Å². The lowest BCUT2D eigenvalue weighted by molar-refractivity contribution is 0.346. The molecule has 0 atom stereocenters. The smallest absolute Gasteiger partial charge is 0.233 e. The van der Waals surface area contributed by atoms with E-state index in [1.807, 2.05) is 0 Å². The van der Waals surface area contributed by atoms with Gasteiger partial charge in [0.15, 0.2) is 0 Å². The summed E-state index contributed by atoms with van der Waals surface area (Å²) >= 11 is 3.22. The van der Waals surface area contributed by atoms with Gasteiger partial charge < -0.3 is 10.5 Å². The number of nitrogens with two attached hydrogens (primary N) is 1. The van der Waals surface area contributed by atoms with Crippen molar-refractivity contribution in [1.29, 1.82) is 0 Å². The molecule has 0 amide bonds. The number of hydrogen-bond acceptors (Lipinski definition) is 4. The van der Waals surface area contributed by atoms with Crippen molar-refractivity contribution in [2.45, 2.75) is 0 Å². The quantitative estimate of drug-likeness (QED) is 0.797. The largest absolute Gasteiger partial charge is 0.473 e. The molecule has 0 aliphatic heterocycles. The molecule has 0 unspecified atom stereocenters. The third-order valence-corrected chi connectivity index (χ3v) is 1.61. The minimum atomic E-state index is 0.192. The molecular weight excluding hydrogens is 222 g/mol. The van der Waals surface area contributed by atoms with Crippen LogP contribution in [0.3, 0.4) is 0 Å². The molecule has 2 N–H and O–H groups in total. The summed E-state index contributed by atoms with van der Waals surface area (Å²) in [6, 6.07) is 0. The molecule has 0 saturated carbocycles. The number of nitrogen functional groups attached to an aromatic ring is 1. The average molecular weight is 230 g/mol. The highest BCUT2D eigenvalue weighted by Gasteiger charge is 2.02. The maximum atomic E-state index is 5.35. The summed E-state index contributed by atoms with van der Waals surface area (Å²) in [5, 5.41) is 0. The molecule has 0 spiro atoms. The van der Waals surface area contributed by atoms with Crippen molar-refractivity contribution in [1.82, 2.24) is 9.97 Å². The zero-order chi connectivity index (χ0) is 8.97. The maximum Gasteiger partial charge on any atom is 0.233 e. The van der Waals surface area contributed by atoms with Gasteiger partial charge in [0.2, 0.25) is 11.8 Å². The van der Waals surface area contributed by atoms with Gasteiger partial charge in [-0.1, -0.05) is 12.7 Å². The molecule has 0 aliphatic carbocycles. The Hall–Kier alpha value is -1.10. The van der Waals surface area contributed by atoms with E-state index in [2.05, 4.69) is 32.5 Å². The third-order valence-electron chi connectivity index (χ3n) is 1.07. The first-order chi connectivity index (χ1) is 5.74. The first-order valence-electron chi connectivity index (χ1n) is 3.25. The van der Waals surface area contributed by atoms with Crippen LogP contribution in [0.5, 0.6) is 5.88 Å². The molecule has 1 heterocycles. The molecule has 0 fully saturated rings. The summed E-state index contributed by atoms with van der Waals surface area (Å²) in [6.45, 7) is 3.91. The van der Waals surface area contributed by atoms with Gasteiger partial charge in [-0.05, 0) is 15.9 Å². The number of hydrogen-bond donors (Lipinski definition) is 1. The molecule has 12 heavy (non-hydrogen) atoms. The number of aromatic nitrogens is 2. The monoisotopic (exact) mass is 229 g/mol. The third kappa shape index (κ3) is 2.20. The van der Waals surface area contributed by atoms with E-state index in [9.17, 15) is 0 Å². The van der Waals surface area contributed by atoms with E-state index in [0.717, 1.165) is 0 Å². The van der Waals surface area contributed by atoms with Crippen LogP contribution in [0.2, 0.25) is 0 Å². The van der Waals surface area contributed by atoms with Crippen LogP contribution in [-0.2, 0) is 0 Å². The van der Waals surface area contributed by atoms with E-state index in [1.165, 1.54) is 0 Å². The molecule has 0 bridgehead atoms. The first-order valence-corrected chi connectivity index (χ1v) is 4.05. The number of nitrogens with zero attached hydrogens (tertiary/aromatic N) is 2. The zero-order valence-corrected chi connectivity index (χ0v) is 7.91. The van der Waals surface area contributed by atoms with Gasteiger partial charge in [-0.3, -0.25) is 0 Å². The molecule has 1 aromatic rings. The number of ether oxygens (including phenoxy) is 1. The van der Waals surface area contributed by atoms with Crippen LogP contribution in [0.15, 0.2) is 23.3 Å². The second-order valence-electron chi connectivity index (χ2n) is 1.98. The summed E-state index contributed by atoms with van der Waals surface area (Å²) in [5.41, 5.74) is 5.35. The van der Waals surface area contributed by atoms with Crippen molar-refractivity contribution in [2.75, 3.05) is 12.3 Å². The Balaban J connectivity index is 2.82. The maximum absolute atomic E-state index is 5.35. The molecule has 0 saturated heterocycles. The van der Waals surface area contributed by atoms with Gasteiger partial charge in [0, 0.05) is 0 Å². The first kappa shape index (κ1) is 8.99. The Morgan fingerprint density at radius 1 is 1.75 bits per heavy atom. The summed E-state index contributed by atoms with van der Waals surface area (Å²) in [7, 11) is 0. The summed E-state index contributed by atoms with van der Waals surface area (Å²) in [5.74, 6) is 0.625. The molecule has 64 valence electrons. The molecule has 1 aromatic heterocycles. The lowest BCUT2D eigenvalue weighted by Gasteiger charge is -2.03. The SMILES string of the molecule is C=CCOc1nc(N)ncc1Br. The van der Waals surface area contributed by atoms with E-state index >= 15 is 0 Å². The fourth-order valence-corrected chi connectivity index (χ4v) is 0.909. The molecule has 0 aromatic carbocycles. The molecule has 4 nitrogen and oxygen atoms in total. The highest BCUT2D eigenvalue weighted by Crippen LogP contribution is 2.21. The fourth-order valence-electron chi connectivity index (χ4n) is 0.603. The topological polar surface area (TPSA) is 61.0 Å². The van der Waals surface area contributed by atoms with Crippen LogP contribution in [0.25, 0.3) is 0 Å². The van der Waals surface area contributed by atoms with Crippen molar-refractivity contribution in [3.63, 3.8) is 0 Å². The van der Waals surface area contributed by atoms with Gasteiger partial charge in [0.25, 0.3) is 0 Å². The molecule has 5 heteroatoms. The van der Waals surface area contributed by atoms with Crippen molar-refractivity contribution in [3.05, 3.63) is 23.3 Å². The lowest BCUT2D eigenvalue weighted by Crippen LogP contribution is -2.00. The summed E-state index contributed by atoms with van der Waals surface area (Å²) in [6.07, 6.45) is 3.17. The molecule has 0 radical (unpaired) electrons. The van der Waals surface area contributed by atoms with E-state index in [1.54, 1.807) is 12.3 Å². The van der Waals surface area contributed by atoms with Crippen LogP contribution in [0.4, 0.5) is 5.95 Å². The van der Waals surface area contributed by atoms with Crippen LogP contribution < -0.4 is 10.5 Å². The lowest BCUT2D eigenvalue weighted by atomic mass is 10.6. The van der Waals surface area contributed by atoms with Crippen LogP contribution in [0.1, 0.15) is 0 Å². The standard InChI is InChI=1S/C7H8BrN3O/c1-2-3-12-6-5(8)4-10-7(9)11-6/h2,4H,1,3H2,(H2,9,10,11). The number of halogens is 1. The molecular formula is C7H8BrN3O. The van der Waals surface area contributed by atoms with Crippen LogP contribution in [-0.4, -0.2) is 16.6 Å². The average Bonchev–Trinajstić information content (AvgIpc) is 2.07. The Morgan fingerprint density at radius 3 is 3.17 bits per heavy atom. The second-order valence-corrected chi connectivity index (χ2v) is 2.84. The number of anilines is 1. The van der Waals surface area contributed by atoms with Crippen molar-refractivity contribution >= 4 is 21.9 Å². The fraction of sp³-hybridized carbons (Fsp3) is 0.143. The van der Waals surface area contributed by atoms with Gasteiger partial charge in [-0.15, -0.1) is 0 Å². The minimum Gasteiger partial charge on any atom is -0.473 e. The Kier molecular flexibility index (Phi) is 3.04. The zero-order valence-electron chi connectivity index (χ0n) is 6.33. The van der Waals surface area contributed by atoms with Gasteiger partial charge in [0.1, 0.15) is 6.61 Å². The summed E-state index contributed by atoms with van der Waals surface area (Å²) < 4.78 is 5.85. The number of rotatable bonds is 3. The Bertz CT molecular complexity index is 290. The van der Waals surface area contributed by atoms with Gasteiger partial charge in [-0.2, -0.15) is 4.98 Å². The normalized spacial score (nSPS) is 9.42. The predicted molar refractivity (Wildman–Crippen MR) is 49.8 cm³/mol. The molecule has 1 rings (SSSR count). The van der Waals surface area contributed by atoms with E-state index in [-0.39, 0.29) is 5.95 Å². The highest BCUT2D eigenvalue weighted by atomic mass is 79.9. The summed E-state index contributed by atoms with van der Waals surface area (Å²) in [4.78, 5) is 7.62. The second kappa shape index (κ2) is 4.06. The van der Waals surface area contributed by atoms with Crippen molar-refractivity contribution in [3.8, 4) is 5.88 Å². The van der Waals surface area contributed by atoms with Gasteiger partial charge >= 0.3 is 0 Å². The predicted octanol–water partition coefficient (Wildman–Crippen LogP) is 1.39. The van der Waals surface area contributed by atoms with E-state index in [0.29, 0.717) is 17.0 Å². The Morgan fingerprint density at radius 2 is 2.50 bits per heavy atom. The minimum absolute atomic E-state index is 0.192.